The molecule has 0 saturated heterocycles. The first-order valence-electron chi connectivity index (χ1n) is 11.6. The molecular weight excluding hydrogens is 456 g/mol. The monoisotopic (exact) mass is 486 g/mol. The zero-order chi connectivity index (χ0) is 24.8. The van der Waals surface area contributed by atoms with E-state index in [2.05, 4.69) is 27.6 Å². The number of hydrogen-bond donors (Lipinski definition) is 1. The van der Waals surface area contributed by atoms with Gasteiger partial charge in [0.25, 0.3) is 0 Å². The summed E-state index contributed by atoms with van der Waals surface area (Å²) < 4.78 is 8.01. The van der Waals surface area contributed by atoms with Crippen molar-refractivity contribution in [3.05, 3.63) is 101 Å². The van der Waals surface area contributed by atoms with Crippen molar-refractivity contribution in [1.29, 1.82) is 0 Å². The van der Waals surface area contributed by atoms with Crippen molar-refractivity contribution in [2.24, 2.45) is 0 Å². The van der Waals surface area contributed by atoms with E-state index in [9.17, 15) is 4.79 Å². The van der Waals surface area contributed by atoms with Gasteiger partial charge in [0.05, 0.1) is 11.8 Å². The summed E-state index contributed by atoms with van der Waals surface area (Å²) in [5.41, 5.74) is 5.24. The van der Waals surface area contributed by atoms with Crippen LogP contribution in [0.25, 0.3) is 0 Å². The Morgan fingerprint density at radius 2 is 1.63 bits per heavy atom. The van der Waals surface area contributed by atoms with Gasteiger partial charge in [-0.15, -0.1) is 10.2 Å². The Morgan fingerprint density at radius 1 is 0.943 bits per heavy atom. The van der Waals surface area contributed by atoms with E-state index in [1.807, 2.05) is 92.9 Å². The fraction of sp³-hybridized carbons (Fsp3) is 0.250. The maximum absolute atomic E-state index is 13.0. The molecule has 0 aliphatic rings. The highest BCUT2D eigenvalue weighted by atomic mass is 32.2. The zero-order valence-electron chi connectivity index (χ0n) is 20.5. The normalized spacial score (nSPS) is 11.8. The van der Waals surface area contributed by atoms with Crippen LogP contribution in [0.4, 0.5) is 5.69 Å². The average Bonchev–Trinajstić information content (AvgIpc) is 3.22. The van der Waals surface area contributed by atoms with Crippen LogP contribution >= 0.6 is 11.8 Å². The molecule has 7 heteroatoms. The Balaban J connectivity index is 1.52. The Morgan fingerprint density at radius 3 is 2.31 bits per heavy atom. The lowest BCUT2D eigenvalue weighted by Gasteiger charge is -2.16. The van der Waals surface area contributed by atoms with Crippen LogP contribution in [0.2, 0.25) is 0 Å². The molecule has 0 unspecified atom stereocenters. The Hall–Kier alpha value is -3.58. The van der Waals surface area contributed by atoms with Crippen LogP contribution in [0.1, 0.15) is 35.0 Å². The lowest BCUT2D eigenvalue weighted by molar-refractivity contribution is -0.115. The molecule has 4 rings (SSSR count). The molecule has 0 radical (unpaired) electrons. The highest BCUT2D eigenvalue weighted by Gasteiger charge is 2.21. The standard InChI is InChI=1S/C28H30N4O2S/c1-19-13-15-24(16-14-19)34-18-25-30-31-28(32(25)17-23-11-6-5-7-12-23)35-22(4)27(33)29-26-20(2)9-8-10-21(26)3/h5-16,22H,17-18H2,1-4H3,(H,29,33)/t22-/m1/s1. The third kappa shape index (κ3) is 6.31. The molecule has 1 atom stereocenters. The molecule has 0 fully saturated rings. The molecule has 0 spiro atoms. The predicted molar refractivity (Wildman–Crippen MR) is 141 cm³/mol. The van der Waals surface area contributed by atoms with E-state index in [1.54, 1.807) is 0 Å². The van der Waals surface area contributed by atoms with Crippen LogP contribution in [0.15, 0.2) is 78.0 Å². The Bertz CT molecular complexity index is 1270. The van der Waals surface area contributed by atoms with Crippen LogP contribution in [-0.4, -0.2) is 25.9 Å². The molecule has 1 heterocycles. The topological polar surface area (TPSA) is 69.0 Å². The van der Waals surface area contributed by atoms with Gasteiger partial charge in [0.15, 0.2) is 11.0 Å². The quantitative estimate of drug-likeness (QED) is 0.296. The number of para-hydroxylation sites is 1. The van der Waals surface area contributed by atoms with Crippen molar-refractivity contribution in [2.45, 2.75) is 51.3 Å². The lowest BCUT2D eigenvalue weighted by Crippen LogP contribution is -2.24. The van der Waals surface area contributed by atoms with E-state index in [0.717, 1.165) is 28.1 Å². The lowest BCUT2D eigenvalue weighted by atomic mass is 10.1. The molecule has 0 aliphatic heterocycles. The van der Waals surface area contributed by atoms with Crippen molar-refractivity contribution in [2.75, 3.05) is 5.32 Å². The molecular formula is C28H30N4O2S. The molecule has 4 aromatic rings. The first-order valence-corrected chi connectivity index (χ1v) is 12.5. The van der Waals surface area contributed by atoms with E-state index in [0.29, 0.717) is 17.5 Å². The van der Waals surface area contributed by atoms with Gasteiger partial charge < -0.3 is 10.1 Å². The van der Waals surface area contributed by atoms with E-state index in [-0.39, 0.29) is 17.8 Å². The van der Waals surface area contributed by atoms with E-state index in [4.69, 9.17) is 4.74 Å². The van der Waals surface area contributed by atoms with Crippen LogP contribution < -0.4 is 10.1 Å². The zero-order valence-corrected chi connectivity index (χ0v) is 21.3. The maximum Gasteiger partial charge on any atom is 0.237 e. The summed E-state index contributed by atoms with van der Waals surface area (Å²) in [5.74, 6) is 1.42. The molecule has 180 valence electrons. The summed E-state index contributed by atoms with van der Waals surface area (Å²) in [6, 6.07) is 24.1. The van der Waals surface area contributed by atoms with Crippen LogP contribution in [0.3, 0.4) is 0 Å². The number of thioether (sulfide) groups is 1. The van der Waals surface area contributed by atoms with Gasteiger partial charge in [-0.3, -0.25) is 9.36 Å². The molecule has 1 amide bonds. The molecule has 0 bridgehead atoms. The molecule has 0 aliphatic carbocycles. The smallest absolute Gasteiger partial charge is 0.237 e. The summed E-state index contributed by atoms with van der Waals surface area (Å²) in [4.78, 5) is 13.0. The number of aryl methyl sites for hydroxylation is 3. The van der Waals surface area contributed by atoms with Gasteiger partial charge in [0.1, 0.15) is 12.4 Å². The SMILES string of the molecule is Cc1ccc(OCc2nnc(S[C@H](C)C(=O)Nc3c(C)cccc3C)n2Cc2ccccc2)cc1. The highest BCUT2D eigenvalue weighted by molar-refractivity contribution is 8.00. The number of ether oxygens (including phenoxy) is 1. The summed E-state index contributed by atoms with van der Waals surface area (Å²) in [7, 11) is 0. The summed E-state index contributed by atoms with van der Waals surface area (Å²) in [5, 5.41) is 12.2. The third-order valence-electron chi connectivity index (χ3n) is 5.75. The van der Waals surface area contributed by atoms with Crippen LogP contribution in [0, 0.1) is 20.8 Å². The minimum Gasteiger partial charge on any atom is -0.486 e. The van der Waals surface area contributed by atoms with Crippen molar-refractivity contribution in [3.63, 3.8) is 0 Å². The number of anilines is 1. The number of aromatic nitrogens is 3. The predicted octanol–water partition coefficient (Wildman–Crippen LogP) is 5.95. The number of hydrogen-bond acceptors (Lipinski definition) is 5. The Labute approximate surface area is 210 Å². The number of carbonyl (C=O) groups excluding carboxylic acids is 1. The van der Waals surface area contributed by atoms with Gasteiger partial charge in [-0.05, 0) is 56.5 Å². The molecule has 1 aromatic heterocycles. The minimum atomic E-state index is -0.362. The van der Waals surface area contributed by atoms with Crippen molar-refractivity contribution in [1.82, 2.24) is 14.8 Å². The van der Waals surface area contributed by atoms with Crippen molar-refractivity contribution in [3.8, 4) is 5.75 Å². The molecule has 35 heavy (non-hydrogen) atoms. The van der Waals surface area contributed by atoms with Gasteiger partial charge >= 0.3 is 0 Å². The maximum atomic E-state index is 13.0. The van der Waals surface area contributed by atoms with Crippen molar-refractivity contribution >= 4 is 23.4 Å². The summed E-state index contributed by atoms with van der Waals surface area (Å²) in [6.07, 6.45) is 0. The fourth-order valence-electron chi connectivity index (χ4n) is 3.67. The molecule has 1 N–H and O–H groups in total. The first kappa shape index (κ1) is 24.5. The number of nitrogens with one attached hydrogen (secondary N) is 1. The third-order valence-corrected chi connectivity index (χ3v) is 6.83. The van der Waals surface area contributed by atoms with Gasteiger partial charge in [-0.1, -0.05) is 78.0 Å². The number of rotatable bonds is 9. The number of amides is 1. The number of benzene rings is 3. The summed E-state index contributed by atoms with van der Waals surface area (Å²) >= 11 is 1.39. The second-order valence-electron chi connectivity index (χ2n) is 8.59. The second kappa shape index (κ2) is 11.2. The Kier molecular flexibility index (Phi) is 7.87. The van der Waals surface area contributed by atoms with Gasteiger partial charge in [0.2, 0.25) is 5.91 Å². The fourth-order valence-corrected chi connectivity index (χ4v) is 4.54. The highest BCUT2D eigenvalue weighted by Crippen LogP contribution is 2.27. The van der Waals surface area contributed by atoms with E-state index in [1.165, 1.54) is 17.3 Å². The van der Waals surface area contributed by atoms with E-state index < -0.39 is 0 Å². The molecule has 3 aromatic carbocycles. The largest absolute Gasteiger partial charge is 0.486 e. The number of nitrogens with zero attached hydrogens (tertiary/aromatic N) is 3. The van der Waals surface area contributed by atoms with Gasteiger partial charge in [0, 0.05) is 5.69 Å². The van der Waals surface area contributed by atoms with E-state index >= 15 is 0 Å². The molecule has 0 saturated carbocycles. The van der Waals surface area contributed by atoms with Gasteiger partial charge in [-0.25, -0.2) is 0 Å². The van der Waals surface area contributed by atoms with Crippen LogP contribution in [0.5, 0.6) is 5.75 Å². The second-order valence-corrected chi connectivity index (χ2v) is 9.90. The van der Waals surface area contributed by atoms with Crippen LogP contribution in [-0.2, 0) is 17.9 Å². The van der Waals surface area contributed by atoms with Crippen molar-refractivity contribution < 1.29 is 9.53 Å². The average molecular weight is 487 g/mol. The molecule has 6 nitrogen and oxygen atoms in total. The number of carbonyl (C=O) groups is 1. The first-order chi connectivity index (χ1) is 16.9. The van der Waals surface area contributed by atoms with Gasteiger partial charge in [-0.2, -0.15) is 0 Å². The summed E-state index contributed by atoms with van der Waals surface area (Å²) in [6.45, 7) is 8.80. The minimum absolute atomic E-state index is 0.0703.